The molecule has 1 atom stereocenters. The van der Waals surface area contributed by atoms with Crippen LogP contribution in [0, 0.1) is 0 Å². The average Bonchev–Trinajstić information content (AvgIpc) is 2.22. The number of nitrogens with one attached hydrogen (secondary N) is 1. The van der Waals surface area contributed by atoms with Crippen molar-refractivity contribution < 1.29 is 27.0 Å². The van der Waals surface area contributed by atoms with Crippen LogP contribution in [0.15, 0.2) is 0 Å². The molecule has 0 radical (unpaired) electrons. The second kappa shape index (κ2) is 9.75. The van der Waals surface area contributed by atoms with Crippen LogP contribution in [0.25, 0.3) is 0 Å². The fourth-order valence-corrected chi connectivity index (χ4v) is 1.31. The molecular weight excluding hydrogens is 250 g/mol. The van der Waals surface area contributed by atoms with Crippen molar-refractivity contribution in [3.63, 3.8) is 0 Å². The third-order valence-corrected chi connectivity index (χ3v) is 2.31. The van der Waals surface area contributed by atoms with Crippen LogP contribution in [0.3, 0.4) is 0 Å². The second-order valence-corrected chi connectivity index (χ2v) is 4.63. The molecule has 0 aliphatic heterocycles. The molecule has 3 N–H and O–H groups in total. The molecule has 0 bridgehead atoms. The van der Waals surface area contributed by atoms with Gasteiger partial charge in [-0.1, -0.05) is 13.3 Å². The average molecular weight is 271 g/mol. The summed E-state index contributed by atoms with van der Waals surface area (Å²) in [6, 6.07) is 0. The van der Waals surface area contributed by atoms with E-state index in [4.69, 9.17) is 9.29 Å². The molecule has 0 fully saturated rings. The molecule has 0 saturated heterocycles. The highest BCUT2D eigenvalue weighted by Gasteiger charge is 2.05. The lowest BCUT2D eigenvalue weighted by Gasteiger charge is -2.11. The van der Waals surface area contributed by atoms with E-state index in [1.807, 2.05) is 0 Å². The van der Waals surface area contributed by atoms with Crippen molar-refractivity contribution in [3.05, 3.63) is 0 Å². The van der Waals surface area contributed by atoms with Gasteiger partial charge in [-0.2, -0.15) is 8.42 Å². The third kappa shape index (κ3) is 13.7. The Morgan fingerprint density at radius 3 is 2.65 bits per heavy atom. The van der Waals surface area contributed by atoms with Gasteiger partial charge < -0.3 is 15.2 Å². The van der Waals surface area contributed by atoms with Gasteiger partial charge in [0.15, 0.2) is 0 Å². The number of aliphatic hydroxyl groups excluding tert-OH is 1. The van der Waals surface area contributed by atoms with Crippen LogP contribution < -0.4 is 5.32 Å². The minimum absolute atomic E-state index is 0.178. The van der Waals surface area contributed by atoms with E-state index in [0.29, 0.717) is 6.61 Å². The van der Waals surface area contributed by atoms with Crippen LogP contribution in [0.1, 0.15) is 19.8 Å². The molecule has 7 nitrogen and oxygen atoms in total. The zero-order valence-corrected chi connectivity index (χ0v) is 10.8. The van der Waals surface area contributed by atoms with Crippen LogP contribution in [0.4, 0.5) is 0 Å². The fraction of sp³-hybridized carbons (Fsp3) is 1.00. The number of hydrogen-bond acceptors (Lipinski definition) is 6. The number of aliphatic hydroxyl groups is 1. The van der Waals surface area contributed by atoms with Gasteiger partial charge in [-0.25, -0.2) is 4.18 Å². The Morgan fingerprint density at radius 2 is 2.06 bits per heavy atom. The minimum Gasteiger partial charge on any atom is -0.389 e. The van der Waals surface area contributed by atoms with Gasteiger partial charge in [0.05, 0.1) is 19.3 Å². The van der Waals surface area contributed by atoms with E-state index in [0.717, 1.165) is 12.8 Å². The molecule has 8 heteroatoms. The molecule has 0 amide bonds. The first-order valence-corrected chi connectivity index (χ1v) is 6.90. The zero-order chi connectivity index (χ0) is 13.1. The Labute approximate surface area is 102 Å². The van der Waals surface area contributed by atoms with E-state index in [1.165, 1.54) is 0 Å². The summed E-state index contributed by atoms with van der Waals surface area (Å²) in [5.41, 5.74) is 0. The standard InChI is InChI=1S/C9H21NO6S/c1-2-3-5-15-8-9(11)7-10-4-6-16-17(12,13)14/h9-11H,2-8H2,1H3,(H,12,13,14)/t9-/m1/s1. The Balaban J connectivity index is 3.30. The summed E-state index contributed by atoms with van der Waals surface area (Å²) in [6.45, 7) is 3.23. The summed E-state index contributed by atoms with van der Waals surface area (Å²) in [5.74, 6) is 0. The van der Waals surface area contributed by atoms with E-state index in [1.54, 1.807) is 0 Å². The van der Waals surface area contributed by atoms with Crippen molar-refractivity contribution in [1.82, 2.24) is 5.32 Å². The minimum atomic E-state index is -4.37. The van der Waals surface area contributed by atoms with Crippen LogP contribution in [-0.2, 0) is 19.3 Å². The Bertz CT molecular complexity index is 269. The van der Waals surface area contributed by atoms with Crippen molar-refractivity contribution in [2.45, 2.75) is 25.9 Å². The van der Waals surface area contributed by atoms with E-state index in [2.05, 4.69) is 16.4 Å². The first-order valence-electron chi connectivity index (χ1n) is 5.54. The molecule has 17 heavy (non-hydrogen) atoms. The summed E-state index contributed by atoms with van der Waals surface area (Å²) < 4.78 is 37.8. The number of unbranched alkanes of at least 4 members (excludes halogenated alkanes) is 1. The van der Waals surface area contributed by atoms with Crippen molar-refractivity contribution in [2.75, 3.05) is 32.9 Å². The maximum atomic E-state index is 10.2. The molecule has 0 spiro atoms. The molecular formula is C9H21NO6S. The third-order valence-electron chi connectivity index (χ3n) is 1.84. The van der Waals surface area contributed by atoms with Crippen molar-refractivity contribution in [2.24, 2.45) is 0 Å². The molecule has 0 aromatic heterocycles. The van der Waals surface area contributed by atoms with E-state index in [9.17, 15) is 13.5 Å². The normalized spacial score (nSPS) is 13.8. The molecule has 0 unspecified atom stereocenters. The lowest BCUT2D eigenvalue weighted by molar-refractivity contribution is 0.0356. The van der Waals surface area contributed by atoms with Gasteiger partial charge in [-0.05, 0) is 6.42 Å². The van der Waals surface area contributed by atoms with E-state index < -0.39 is 16.5 Å². The van der Waals surface area contributed by atoms with Gasteiger partial charge in [-0.3, -0.25) is 4.55 Å². The number of hydrogen-bond donors (Lipinski definition) is 3. The molecule has 0 heterocycles. The maximum absolute atomic E-state index is 10.2. The van der Waals surface area contributed by atoms with Crippen LogP contribution in [0.5, 0.6) is 0 Å². The van der Waals surface area contributed by atoms with Gasteiger partial charge >= 0.3 is 10.4 Å². The highest BCUT2D eigenvalue weighted by molar-refractivity contribution is 7.80. The Kier molecular flexibility index (Phi) is 9.60. The molecule has 0 aliphatic rings. The first-order chi connectivity index (χ1) is 7.95. The lowest BCUT2D eigenvalue weighted by Crippen LogP contribution is -2.32. The summed E-state index contributed by atoms with van der Waals surface area (Å²) in [6.07, 6.45) is 1.36. The van der Waals surface area contributed by atoms with Gasteiger partial charge in [-0.15, -0.1) is 0 Å². The van der Waals surface area contributed by atoms with Crippen molar-refractivity contribution in [1.29, 1.82) is 0 Å². The summed E-state index contributed by atoms with van der Waals surface area (Å²) in [4.78, 5) is 0. The van der Waals surface area contributed by atoms with Gasteiger partial charge in [0.2, 0.25) is 0 Å². The SMILES string of the molecule is CCCCOC[C@H](O)CNCCOS(=O)(=O)O. The topological polar surface area (TPSA) is 105 Å². The predicted octanol–water partition coefficient (Wildman–Crippen LogP) is -0.427. The van der Waals surface area contributed by atoms with Gasteiger partial charge in [0.1, 0.15) is 0 Å². The Morgan fingerprint density at radius 1 is 1.35 bits per heavy atom. The summed E-state index contributed by atoms with van der Waals surface area (Å²) in [7, 11) is -4.37. The monoisotopic (exact) mass is 271 g/mol. The van der Waals surface area contributed by atoms with Gasteiger partial charge in [0, 0.05) is 19.7 Å². The largest absolute Gasteiger partial charge is 0.397 e. The molecule has 0 rings (SSSR count). The zero-order valence-electron chi connectivity index (χ0n) is 9.96. The molecule has 0 saturated carbocycles. The maximum Gasteiger partial charge on any atom is 0.397 e. The quantitative estimate of drug-likeness (QED) is 0.346. The Hall–Kier alpha value is -0.250. The van der Waals surface area contributed by atoms with E-state index >= 15 is 0 Å². The smallest absolute Gasteiger partial charge is 0.389 e. The predicted molar refractivity (Wildman–Crippen MR) is 62.1 cm³/mol. The highest BCUT2D eigenvalue weighted by atomic mass is 32.3. The first kappa shape index (κ1) is 16.8. The molecule has 104 valence electrons. The molecule has 0 aromatic carbocycles. The van der Waals surface area contributed by atoms with Gasteiger partial charge in [0.25, 0.3) is 0 Å². The second-order valence-electron chi connectivity index (χ2n) is 3.54. The van der Waals surface area contributed by atoms with Crippen LogP contribution in [-0.4, -0.2) is 57.1 Å². The fourth-order valence-electron chi connectivity index (χ4n) is 1.01. The van der Waals surface area contributed by atoms with E-state index in [-0.39, 0.29) is 26.3 Å². The summed E-state index contributed by atoms with van der Waals surface area (Å²) >= 11 is 0. The van der Waals surface area contributed by atoms with Crippen LogP contribution >= 0.6 is 0 Å². The summed E-state index contributed by atoms with van der Waals surface area (Å²) in [5, 5.41) is 12.2. The van der Waals surface area contributed by atoms with Crippen molar-refractivity contribution in [3.8, 4) is 0 Å². The lowest BCUT2D eigenvalue weighted by atomic mass is 10.3. The molecule has 0 aliphatic carbocycles. The van der Waals surface area contributed by atoms with Crippen LogP contribution in [0.2, 0.25) is 0 Å². The number of rotatable bonds is 11. The highest BCUT2D eigenvalue weighted by Crippen LogP contribution is 1.90. The number of ether oxygens (including phenoxy) is 1. The molecule has 0 aromatic rings. The van der Waals surface area contributed by atoms with Crippen molar-refractivity contribution >= 4 is 10.4 Å².